The van der Waals surface area contributed by atoms with Crippen molar-refractivity contribution < 1.29 is 13.2 Å². The van der Waals surface area contributed by atoms with Crippen LogP contribution in [0, 0.1) is 0 Å². The van der Waals surface area contributed by atoms with E-state index in [1.54, 1.807) is 4.72 Å². The molecule has 0 heterocycles. The van der Waals surface area contributed by atoms with E-state index in [2.05, 4.69) is 0 Å². The lowest BCUT2D eigenvalue weighted by Gasteiger charge is -1.96. The van der Waals surface area contributed by atoms with Crippen molar-refractivity contribution >= 4 is 16.4 Å². The van der Waals surface area contributed by atoms with E-state index >= 15 is 0 Å². The SMILES string of the molecule is NCCS(=O)(=O)NC=O. The van der Waals surface area contributed by atoms with Crippen molar-refractivity contribution in [3.05, 3.63) is 0 Å². The molecule has 0 aromatic rings. The van der Waals surface area contributed by atoms with Crippen LogP contribution in [0.3, 0.4) is 0 Å². The van der Waals surface area contributed by atoms with Gasteiger partial charge in [0.2, 0.25) is 16.4 Å². The van der Waals surface area contributed by atoms with E-state index < -0.39 is 10.0 Å². The Morgan fingerprint density at radius 1 is 1.56 bits per heavy atom. The molecular weight excluding hydrogens is 144 g/mol. The lowest BCUT2D eigenvalue weighted by atomic mass is 10.8. The molecule has 54 valence electrons. The highest BCUT2D eigenvalue weighted by Gasteiger charge is 2.04. The van der Waals surface area contributed by atoms with Gasteiger partial charge in [0.25, 0.3) is 0 Å². The Bertz CT molecular complexity index is 173. The third kappa shape index (κ3) is 3.92. The van der Waals surface area contributed by atoms with Crippen LogP contribution in [0.4, 0.5) is 0 Å². The van der Waals surface area contributed by atoms with Crippen molar-refractivity contribution in [2.75, 3.05) is 12.3 Å². The van der Waals surface area contributed by atoms with Gasteiger partial charge in [-0.05, 0) is 0 Å². The third-order valence-electron chi connectivity index (χ3n) is 0.614. The molecule has 0 fully saturated rings. The molecule has 0 saturated carbocycles. The second-order valence-corrected chi connectivity index (χ2v) is 3.22. The van der Waals surface area contributed by atoms with Crippen molar-refractivity contribution in [1.29, 1.82) is 0 Å². The number of rotatable bonds is 4. The number of nitrogens with two attached hydrogens (primary N) is 1. The fourth-order valence-electron chi connectivity index (χ4n) is 0.287. The highest BCUT2D eigenvalue weighted by Crippen LogP contribution is 1.76. The highest BCUT2D eigenvalue weighted by molar-refractivity contribution is 7.89. The number of amides is 1. The predicted octanol–water partition coefficient (Wildman–Crippen LogP) is -1.98. The first-order valence-corrected chi connectivity index (χ1v) is 3.91. The summed E-state index contributed by atoms with van der Waals surface area (Å²) in [5.74, 6) is -0.217. The molecule has 0 aromatic heterocycles. The van der Waals surface area contributed by atoms with Gasteiger partial charge in [-0.15, -0.1) is 0 Å². The van der Waals surface area contributed by atoms with E-state index in [4.69, 9.17) is 5.73 Å². The van der Waals surface area contributed by atoms with Gasteiger partial charge in [-0.3, -0.25) is 9.52 Å². The largest absolute Gasteiger partial charge is 0.329 e. The van der Waals surface area contributed by atoms with E-state index in [9.17, 15) is 13.2 Å². The minimum Gasteiger partial charge on any atom is -0.329 e. The summed E-state index contributed by atoms with van der Waals surface area (Å²) in [5.41, 5.74) is 4.91. The number of carbonyl (C=O) groups is 1. The molecule has 0 bridgehead atoms. The molecule has 6 heteroatoms. The van der Waals surface area contributed by atoms with Crippen LogP contribution in [-0.4, -0.2) is 27.1 Å². The van der Waals surface area contributed by atoms with E-state index in [1.165, 1.54) is 0 Å². The Morgan fingerprint density at radius 2 is 2.11 bits per heavy atom. The fraction of sp³-hybridized carbons (Fsp3) is 0.667. The van der Waals surface area contributed by atoms with Gasteiger partial charge >= 0.3 is 0 Å². The van der Waals surface area contributed by atoms with Crippen LogP contribution in [0.15, 0.2) is 0 Å². The van der Waals surface area contributed by atoms with E-state index in [1.807, 2.05) is 0 Å². The van der Waals surface area contributed by atoms with Gasteiger partial charge in [-0.25, -0.2) is 8.42 Å². The lowest BCUT2D eigenvalue weighted by Crippen LogP contribution is -2.28. The minimum absolute atomic E-state index is 0.0170. The third-order valence-corrected chi connectivity index (χ3v) is 1.84. The lowest BCUT2D eigenvalue weighted by molar-refractivity contribution is -0.108. The van der Waals surface area contributed by atoms with Crippen molar-refractivity contribution in [3.63, 3.8) is 0 Å². The normalized spacial score (nSPS) is 10.8. The van der Waals surface area contributed by atoms with Crippen LogP contribution in [-0.2, 0) is 14.8 Å². The summed E-state index contributed by atoms with van der Waals surface area (Å²) in [5, 5.41) is 0. The predicted molar refractivity (Wildman–Crippen MR) is 32.0 cm³/mol. The number of nitrogens with one attached hydrogen (secondary N) is 1. The number of hydrogen-bond donors (Lipinski definition) is 2. The Balaban J connectivity index is 3.88. The molecule has 3 N–H and O–H groups in total. The van der Waals surface area contributed by atoms with Gasteiger partial charge < -0.3 is 5.73 Å². The first-order chi connectivity index (χ1) is 4.12. The van der Waals surface area contributed by atoms with Crippen LogP contribution < -0.4 is 10.5 Å². The summed E-state index contributed by atoms with van der Waals surface area (Å²) < 4.78 is 22.5. The van der Waals surface area contributed by atoms with E-state index in [0.717, 1.165) is 0 Å². The maximum absolute atomic E-state index is 10.4. The van der Waals surface area contributed by atoms with Gasteiger partial charge in [0.1, 0.15) is 0 Å². The van der Waals surface area contributed by atoms with E-state index in [0.29, 0.717) is 0 Å². The van der Waals surface area contributed by atoms with Crippen LogP contribution in [0.25, 0.3) is 0 Å². The molecule has 0 saturated heterocycles. The molecule has 0 unspecified atom stereocenters. The maximum Gasteiger partial charge on any atom is 0.235 e. The zero-order valence-electron chi connectivity index (χ0n) is 4.70. The molecular formula is C3H8N2O3S. The molecule has 9 heavy (non-hydrogen) atoms. The molecule has 0 aliphatic rings. The first kappa shape index (κ1) is 8.38. The average Bonchev–Trinajstić information content (AvgIpc) is 1.64. The maximum atomic E-state index is 10.4. The Kier molecular flexibility index (Phi) is 3.18. The second-order valence-electron chi connectivity index (χ2n) is 1.34. The summed E-state index contributed by atoms with van der Waals surface area (Å²) in [4.78, 5) is 9.56. The van der Waals surface area contributed by atoms with Crippen molar-refractivity contribution in [2.24, 2.45) is 5.73 Å². The Hall–Kier alpha value is -0.620. The molecule has 5 nitrogen and oxygen atoms in total. The number of hydrogen-bond acceptors (Lipinski definition) is 4. The Labute approximate surface area is 53.3 Å². The Morgan fingerprint density at radius 3 is 2.44 bits per heavy atom. The smallest absolute Gasteiger partial charge is 0.235 e. The van der Waals surface area contributed by atoms with Crippen molar-refractivity contribution in [2.45, 2.75) is 0 Å². The van der Waals surface area contributed by atoms with Gasteiger partial charge in [-0.1, -0.05) is 0 Å². The monoisotopic (exact) mass is 152 g/mol. The summed E-state index contributed by atoms with van der Waals surface area (Å²) >= 11 is 0. The summed E-state index contributed by atoms with van der Waals surface area (Å²) in [6.07, 6.45) is 0.116. The standard InChI is InChI=1S/C3H8N2O3S/c4-1-2-9(7,8)5-3-6/h3H,1-2,4H2,(H,5,6). The quantitative estimate of drug-likeness (QED) is 0.457. The topological polar surface area (TPSA) is 89.3 Å². The van der Waals surface area contributed by atoms with Crippen LogP contribution in [0.1, 0.15) is 0 Å². The summed E-state index contributed by atoms with van der Waals surface area (Å²) in [6, 6.07) is 0. The average molecular weight is 152 g/mol. The zero-order chi connectivity index (χ0) is 7.33. The van der Waals surface area contributed by atoms with Crippen molar-refractivity contribution in [1.82, 2.24) is 4.72 Å². The van der Waals surface area contributed by atoms with Gasteiger partial charge in [0, 0.05) is 6.54 Å². The molecule has 0 radical (unpaired) electrons. The highest BCUT2D eigenvalue weighted by atomic mass is 32.2. The first-order valence-electron chi connectivity index (χ1n) is 2.26. The fourth-order valence-corrected chi connectivity index (χ4v) is 0.862. The zero-order valence-corrected chi connectivity index (χ0v) is 5.52. The number of sulfonamides is 1. The molecule has 0 aromatic carbocycles. The van der Waals surface area contributed by atoms with Crippen LogP contribution >= 0.6 is 0 Å². The van der Waals surface area contributed by atoms with Gasteiger partial charge in [-0.2, -0.15) is 0 Å². The summed E-state index contributed by atoms with van der Waals surface area (Å²) in [7, 11) is -3.42. The molecule has 0 spiro atoms. The molecule has 0 rings (SSSR count). The van der Waals surface area contributed by atoms with Crippen LogP contribution in [0.5, 0.6) is 0 Å². The van der Waals surface area contributed by atoms with Gasteiger partial charge in [0.15, 0.2) is 0 Å². The van der Waals surface area contributed by atoms with Crippen LogP contribution in [0.2, 0.25) is 0 Å². The molecule has 0 atom stereocenters. The van der Waals surface area contributed by atoms with Crippen molar-refractivity contribution in [3.8, 4) is 0 Å². The second kappa shape index (κ2) is 3.41. The van der Waals surface area contributed by atoms with E-state index in [-0.39, 0.29) is 18.7 Å². The molecule has 1 amide bonds. The summed E-state index contributed by atoms with van der Waals surface area (Å²) in [6.45, 7) is 0.0170. The molecule has 0 aliphatic heterocycles. The van der Waals surface area contributed by atoms with Gasteiger partial charge in [0.05, 0.1) is 5.75 Å². The molecule has 0 aliphatic carbocycles. The number of carbonyl (C=O) groups excluding carboxylic acids is 1. The minimum atomic E-state index is -3.42.